The van der Waals surface area contributed by atoms with Crippen LogP contribution in [-0.4, -0.2) is 49.3 Å². The van der Waals surface area contributed by atoms with E-state index in [0.29, 0.717) is 19.1 Å². The van der Waals surface area contributed by atoms with Crippen LogP contribution in [0.2, 0.25) is 0 Å². The minimum atomic E-state index is -0.143. The molecule has 0 aliphatic carbocycles. The van der Waals surface area contributed by atoms with Crippen LogP contribution < -0.4 is 0 Å². The summed E-state index contributed by atoms with van der Waals surface area (Å²) < 4.78 is 17.6. The Morgan fingerprint density at radius 2 is 1.39 bits per heavy atom. The molecule has 23 heavy (non-hydrogen) atoms. The maximum Gasteiger partial charge on any atom is 0.0784 e. The first kappa shape index (κ1) is 22.8. The molecule has 0 spiro atoms. The highest BCUT2D eigenvalue weighted by atomic mass is 16.6. The van der Waals surface area contributed by atoms with Gasteiger partial charge in [0, 0.05) is 0 Å². The zero-order chi connectivity index (χ0) is 18.0. The lowest BCUT2D eigenvalue weighted by Gasteiger charge is -2.35. The van der Waals surface area contributed by atoms with Crippen molar-refractivity contribution in [3.63, 3.8) is 0 Å². The second-order valence-corrected chi connectivity index (χ2v) is 8.02. The predicted molar refractivity (Wildman–Crippen MR) is 95.8 cm³/mol. The van der Waals surface area contributed by atoms with E-state index in [9.17, 15) is 0 Å². The molecule has 0 aliphatic rings. The minimum absolute atomic E-state index is 0.00213. The van der Waals surface area contributed by atoms with Crippen LogP contribution in [-0.2, 0) is 14.2 Å². The second-order valence-electron chi connectivity index (χ2n) is 8.02. The number of hydrogen-bond acceptors (Lipinski definition) is 4. The van der Waals surface area contributed by atoms with Crippen molar-refractivity contribution in [1.82, 2.24) is 0 Å². The maximum atomic E-state index is 8.95. The summed E-state index contributed by atoms with van der Waals surface area (Å²) in [7, 11) is 0. The Morgan fingerprint density at radius 1 is 0.870 bits per heavy atom. The van der Waals surface area contributed by atoms with E-state index in [0.717, 1.165) is 6.42 Å². The fourth-order valence-corrected chi connectivity index (χ4v) is 2.17. The Kier molecular flexibility index (Phi) is 11.3. The summed E-state index contributed by atoms with van der Waals surface area (Å²) in [5.74, 6) is 0.666. The van der Waals surface area contributed by atoms with E-state index in [1.165, 1.54) is 6.42 Å². The molecule has 0 saturated heterocycles. The average molecular weight is 333 g/mol. The topological polar surface area (TPSA) is 47.9 Å². The van der Waals surface area contributed by atoms with Crippen LogP contribution in [0.3, 0.4) is 0 Å². The molecular formula is C19H40O4. The van der Waals surface area contributed by atoms with E-state index >= 15 is 0 Å². The van der Waals surface area contributed by atoms with E-state index in [2.05, 4.69) is 41.5 Å². The van der Waals surface area contributed by atoms with Gasteiger partial charge in [0.2, 0.25) is 0 Å². The molecule has 0 bridgehead atoms. The predicted octanol–water partition coefficient (Wildman–Crippen LogP) is 4.04. The van der Waals surface area contributed by atoms with Gasteiger partial charge in [0.05, 0.1) is 44.2 Å². The molecule has 0 aromatic heterocycles. The van der Waals surface area contributed by atoms with Crippen molar-refractivity contribution in [3.8, 4) is 0 Å². The third-order valence-corrected chi connectivity index (χ3v) is 4.16. The summed E-state index contributed by atoms with van der Waals surface area (Å²) in [6, 6.07) is 0. The van der Waals surface area contributed by atoms with Crippen molar-refractivity contribution in [2.24, 2.45) is 11.3 Å². The van der Waals surface area contributed by atoms with E-state index in [4.69, 9.17) is 19.3 Å². The molecule has 0 rings (SSSR count). The fourth-order valence-electron chi connectivity index (χ4n) is 2.17. The van der Waals surface area contributed by atoms with Crippen LogP contribution in [0, 0.1) is 11.3 Å². The fraction of sp³-hybridized carbons (Fsp3) is 1.00. The Bertz CT molecular complexity index is 288. The molecule has 0 radical (unpaired) electrons. The van der Waals surface area contributed by atoms with Crippen LogP contribution in [0.5, 0.6) is 0 Å². The summed E-state index contributed by atoms with van der Waals surface area (Å²) in [5, 5.41) is 8.95. The summed E-state index contributed by atoms with van der Waals surface area (Å²) >= 11 is 0. The van der Waals surface area contributed by atoms with Gasteiger partial charge in [0.15, 0.2) is 0 Å². The van der Waals surface area contributed by atoms with E-state index in [-0.39, 0.29) is 36.4 Å². The monoisotopic (exact) mass is 332 g/mol. The molecule has 0 aromatic carbocycles. The normalized spacial score (nSPS) is 19.2. The Labute approximate surface area is 143 Å². The molecule has 0 amide bonds. The first-order valence-corrected chi connectivity index (χ1v) is 9.09. The standard InChI is InChI=1S/C19H40O4/c1-9-14(2)10-18(19(6,7)8)23-17(5)13-22-16(4)12-21-15(3)11-20/h14-18,20H,9-13H2,1-8H3. The van der Waals surface area contributed by atoms with Gasteiger partial charge in [-0.1, -0.05) is 41.0 Å². The molecule has 0 saturated carbocycles. The van der Waals surface area contributed by atoms with Gasteiger partial charge in [-0.2, -0.15) is 0 Å². The zero-order valence-electron chi connectivity index (χ0n) is 16.6. The smallest absolute Gasteiger partial charge is 0.0784 e. The largest absolute Gasteiger partial charge is 0.394 e. The van der Waals surface area contributed by atoms with Gasteiger partial charge in [-0.15, -0.1) is 0 Å². The Balaban J connectivity index is 4.24. The van der Waals surface area contributed by atoms with Crippen molar-refractivity contribution >= 4 is 0 Å². The SMILES string of the molecule is CCC(C)CC(OC(C)COC(C)COC(C)CO)C(C)(C)C. The number of aliphatic hydroxyl groups is 1. The number of aliphatic hydroxyl groups excluding tert-OH is 1. The Morgan fingerprint density at radius 3 is 1.87 bits per heavy atom. The zero-order valence-corrected chi connectivity index (χ0v) is 16.6. The van der Waals surface area contributed by atoms with Gasteiger partial charge in [-0.05, 0) is 38.5 Å². The van der Waals surface area contributed by atoms with E-state index in [1.54, 1.807) is 0 Å². The first-order valence-electron chi connectivity index (χ1n) is 9.09. The minimum Gasteiger partial charge on any atom is -0.394 e. The van der Waals surface area contributed by atoms with Crippen LogP contribution >= 0.6 is 0 Å². The van der Waals surface area contributed by atoms with Gasteiger partial charge in [0.1, 0.15) is 0 Å². The highest BCUT2D eigenvalue weighted by molar-refractivity contribution is 4.77. The third kappa shape index (κ3) is 11.1. The van der Waals surface area contributed by atoms with Crippen molar-refractivity contribution < 1.29 is 19.3 Å². The lowest BCUT2D eigenvalue weighted by atomic mass is 9.83. The van der Waals surface area contributed by atoms with Crippen molar-refractivity contribution in [3.05, 3.63) is 0 Å². The quantitative estimate of drug-likeness (QED) is 0.586. The van der Waals surface area contributed by atoms with Crippen LogP contribution in [0.25, 0.3) is 0 Å². The van der Waals surface area contributed by atoms with Gasteiger partial charge in [-0.3, -0.25) is 0 Å². The van der Waals surface area contributed by atoms with Gasteiger partial charge in [-0.25, -0.2) is 0 Å². The highest BCUT2D eigenvalue weighted by Crippen LogP contribution is 2.29. The van der Waals surface area contributed by atoms with Crippen molar-refractivity contribution in [1.29, 1.82) is 0 Å². The van der Waals surface area contributed by atoms with Gasteiger partial charge < -0.3 is 19.3 Å². The summed E-state index contributed by atoms with van der Waals surface area (Å²) in [5.41, 5.74) is 0.128. The van der Waals surface area contributed by atoms with E-state index in [1.807, 2.05) is 13.8 Å². The van der Waals surface area contributed by atoms with Crippen molar-refractivity contribution in [2.45, 2.75) is 92.6 Å². The molecule has 5 atom stereocenters. The van der Waals surface area contributed by atoms with Crippen molar-refractivity contribution in [2.75, 3.05) is 19.8 Å². The lowest BCUT2D eigenvalue weighted by molar-refractivity contribution is -0.115. The molecule has 4 nitrogen and oxygen atoms in total. The maximum absolute atomic E-state index is 8.95. The van der Waals surface area contributed by atoms with Gasteiger partial charge >= 0.3 is 0 Å². The van der Waals surface area contributed by atoms with Crippen LogP contribution in [0.4, 0.5) is 0 Å². The molecular weight excluding hydrogens is 292 g/mol. The second kappa shape index (κ2) is 11.4. The Hall–Kier alpha value is -0.160. The van der Waals surface area contributed by atoms with E-state index < -0.39 is 0 Å². The molecule has 5 unspecified atom stereocenters. The number of hydrogen-bond donors (Lipinski definition) is 1. The molecule has 0 aromatic rings. The average Bonchev–Trinajstić information content (AvgIpc) is 2.48. The summed E-state index contributed by atoms with van der Waals surface area (Å²) in [6.07, 6.45) is 2.40. The van der Waals surface area contributed by atoms with Crippen LogP contribution in [0.15, 0.2) is 0 Å². The molecule has 140 valence electrons. The molecule has 4 heteroatoms. The summed E-state index contributed by atoms with van der Waals surface area (Å²) in [4.78, 5) is 0. The van der Waals surface area contributed by atoms with Gasteiger partial charge in [0.25, 0.3) is 0 Å². The highest BCUT2D eigenvalue weighted by Gasteiger charge is 2.28. The molecule has 1 N–H and O–H groups in total. The molecule has 0 fully saturated rings. The first-order chi connectivity index (χ1) is 10.6. The summed E-state index contributed by atoms with van der Waals surface area (Å²) in [6.45, 7) is 18.2. The number of rotatable bonds is 12. The number of ether oxygens (including phenoxy) is 3. The third-order valence-electron chi connectivity index (χ3n) is 4.16. The molecule has 0 aliphatic heterocycles. The lowest BCUT2D eigenvalue weighted by Crippen LogP contribution is -2.36. The van der Waals surface area contributed by atoms with Crippen LogP contribution in [0.1, 0.15) is 68.2 Å². The molecule has 0 heterocycles.